The van der Waals surface area contributed by atoms with Crippen LogP contribution in [0, 0.1) is 0 Å². The molecule has 1 saturated heterocycles. The molecule has 4 nitrogen and oxygen atoms in total. The number of rotatable bonds is 5. The Morgan fingerprint density at radius 2 is 2.10 bits per heavy atom. The summed E-state index contributed by atoms with van der Waals surface area (Å²) in [6, 6.07) is 3.80. The normalized spacial score (nSPS) is 16.4. The number of hydrogen-bond acceptors (Lipinski definition) is 4. The summed E-state index contributed by atoms with van der Waals surface area (Å²) in [6.07, 6.45) is 2.21. The molecule has 1 aromatic carbocycles. The maximum absolute atomic E-state index is 11.6. The smallest absolute Gasteiger partial charge is 0.163 e. The average Bonchev–Trinajstić information content (AvgIpc) is 2.48. The van der Waals surface area contributed by atoms with E-state index in [0.29, 0.717) is 23.2 Å². The fourth-order valence-corrected chi connectivity index (χ4v) is 3.18. The summed E-state index contributed by atoms with van der Waals surface area (Å²) in [5.41, 5.74) is 1.03. The fourth-order valence-electron chi connectivity index (χ4n) is 2.93. The Hall–Kier alpha value is -1.10. The fraction of sp³-hybridized carbons (Fsp3) is 0.562. The predicted molar refractivity (Wildman–Crippen MR) is 85.1 cm³/mol. The van der Waals surface area contributed by atoms with Crippen molar-refractivity contribution >= 4 is 17.4 Å². The summed E-state index contributed by atoms with van der Waals surface area (Å²) < 4.78 is 0. The van der Waals surface area contributed by atoms with Crippen LogP contribution in [0.15, 0.2) is 12.1 Å². The minimum Gasteiger partial charge on any atom is -0.507 e. The quantitative estimate of drug-likeness (QED) is 0.821. The van der Waals surface area contributed by atoms with Gasteiger partial charge in [0.05, 0.1) is 5.56 Å². The number of ketones is 1. The minimum absolute atomic E-state index is 0.0688. The van der Waals surface area contributed by atoms with Crippen molar-refractivity contribution in [1.82, 2.24) is 10.2 Å². The van der Waals surface area contributed by atoms with Crippen LogP contribution in [0.1, 0.15) is 42.6 Å². The van der Waals surface area contributed by atoms with Crippen LogP contribution in [-0.4, -0.2) is 41.5 Å². The standard InChI is InChI=1S/C16H23ClN2O2/c1-3-19(14-4-6-18-7-5-14)10-12-8-13(17)9-15(11(2)20)16(12)21/h8-9,14,18,21H,3-7,10H2,1-2H3. The highest BCUT2D eigenvalue weighted by Crippen LogP contribution is 2.29. The summed E-state index contributed by atoms with van der Waals surface area (Å²) in [4.78, 5) is 13.9. The first-order chi connectivity index (χ1) is 10.0. The minimum atomic E-state index is -0.166. The van der Waals surface area contributed by atoms with Gasteiger partial charge in [-0.25, -0.2) is 0 Å². The Morgan fingerprint density at radius 1 is 1.43 bits per heavy atom. The van der Waals surface area contributed by atoms with Crippen LogP contribution in [-0.2, 0) is 6.54 Å². The van der Waals surface area contributed by atoms with Gasteiger partial charge in [-0.15, -0.1) is 0 Å². The van der Waals surface area contributed by atoms with Crippen LogP contribution < -0.4 is 5.32 Å². The second-order valence-electron chi connectivity index (χ2n) is 5.56. The SMILES string of the molecule is CCN(Cc1cc(Cl)cc(C(C)=O)c1O)C1CCNCC1. The zero-order valence-corrected chi connectivity index (χ0v) is 13.4. The van der Waals surface area contributed by atoms with Crippen LogP contribution in [0.4, 0.5) is 0 Å². The van der Waals surface area contributed by atoms with Crippen molar-refractivity contribution in [3.63, 3.8) is 0 Å². The monoisotopic (exact) mass is 310 g/mol. The number of aromatic hydroxyl groups is 1. The molecule has 0 atom stereocenters. The van der Waals surface area contributed by atoms with E-state index in [4.69, 9.17) is 11.6 Å². The van der Waals surface area contributed by atoms with Crippen molar-refractivity contribution in [2.45, 2.75) is 39.3 Å². The Labute approximate surface area is 131 Å². The maximum atomic E-state index is 11.6. The number of hydrogen-bond donors (Lipinski definition) is 2. The molecule has 0 spiro atoms. The number of nitrogens with one attached hydrogen (secondary N) is 1. The Bertz CT molecular complexity index is 513. The number of carbonyl (C=O) groups excluding carboxylic acids is 1. The summed E-state index contributed by atoms with van der Waals surface area (Å²) in [5.74, 6) is -0.0968. The lowest BCUT2D eigenvalue weighted by Gasteiger charge is -2.34. The van der Waals surface area contributed by atoms with Gasteiger partial charge in [-0.2, -0.15) is 0 Å². The molecule has 0 aromatic heterocycles. The van der Waals surface area contributed by atoms with Gasteiger partial charge < -0.3 is 10.4 Å². The number of nitrogens with zero attached hydrogens (tertiary/aromatic N) is 1. The van der Waals surface area contributed by atoms with E-state index in [1.165, 1.54) is 13.0 Å². The maximum Gasteiger partial charge on any atom is 0.163 e. The molecular formula is C16H23ClN2O2. The molecule has 2 rings (SSSR count). The summed E-state index contributed by atoms with van der Waals surface area (Å²) in [5, 5.41) is 14.2. The molecular weight excluding hydrogens is 288 g/mol. The van der Waals surface area contributed by atoms with E-state index in [1.54, 1.807) is 6.07 Å². The third-order valence-electron chi connectivity index (χ3n) is 4.14. The Balaban J connectivity index is 2.22. The van der Waals surface area contributed by atoms with Gasteiger partial charge in [-0.05, 0) is 51.5 Å². The lowest BCUT2D eigenvalue weighted by atomic mass is 10.0. The van der Waals surface area contributed by atoms with E-state index in [-0.39, 0.29) is 11.5 Å². The first kappa shape index (κ1) is 16.3. The Morgan fingerprint density at radius 3 is 2.67 bits per heavy atom. The molecule has 116 valence electrons. The first-order valence-corrected chi connectivity index (χ1v) is 7.87. The highest BCUT2D eigenvalue weighted by atomic mass is 35.5. The van der Waals surface area contributed by atoms with Gasteiger partial charge in [-0.1, -0.05) is 18.5 Å². The molecule has 21 heavy (non-hydrogen) atoms. The van der Waals surface area contributed by atoms with Gasteiger partial charge >= 0.3 is 0 Å². The zero-order valence-electron chi connectivity index (χ0n) is 12.7. The lowest BCUT2D eigenvalue weighted by Crippen LogP contribution is -2.42. The van der Waals surface area contributed by atoms with Crippen LogP contribution in [0.2, 0.25) is 5.02 Å². The molecule has 2 N–H and O–H groups in total. The molecule has 1 aliphatic rings. The molecule has 0 amide bonds. The highest BCUT2D eigenvalue weighted by molar-refractivity contribution is 6.31. The molecule has 1 heterocycles. The van der Waals surface area contributed by atoms with Gasteiger partial charge in [-0.3, -0.25) is 9.69 Å². The second-order valence-corrected chi connectivity index (χ2v) is 6.00. The van der Waals surface area contributed by atoms with E-state index in [1.807, 2.05) is 0 Å². The number of Topliss-reactive ketones (excluding diaryl/α,β-unsaturated/α-hetero) is 1. The van der Waals surface area contributed by atoms with Crippen molar-refractivity contribution in [3.8, 4) is 5.75 Å². The van der Waals surface area contributed by atoms with Crippen molar-refractivity contribution in [2.24, 2.45) is 0 Å². The van der Waals surface area contributed by atoms with Crippen molar-refractivity contribution < 1.29 is 9.90 Å². The highest BCUT2D eigenvalue weighted by Gasteiger charge is 2.22. The molecule has 0 radical (unpaired) electrons. The molecule has 1 aliphatic heterocycles. The van der Waals surface area contributed by atoms with E-state index in [2.05, 4.69) is 17.1 Å². The Kier molecular flexibility index (Phi) is 5.62. The second kappa shape index (κ2) is 7.25. The van der Waals surface area contributed by atoms with Gasteiger partial charge in [0.1, 0.15) is 5.75 Å². The molecule has 1 fully saturated rings. The van der Waals surface area contributed by atoms with Crippen LogP contribution in [0.3, 0.4) is 0 Å². The van der Waals surface area contributed by atoms with Gasteiger partial charge in [0, 0.05) is 23.2 Å². The predicted octanol–water partition coefficient (Wildman–Crippen LogP) is 2.82. The van der Waals surface area contributed by atoms with E-state index in [9.17, 15) is 9.90 Å². The third kappa shape index (κ3) is 3.96. The zero-order chi connectivity index (χ0) is 15.4. The van der Waals surface area contributed by atoms with Gasteiger partial charge in [0.2, 0.25) is 0 Å². The van der Waals surface area contributed by atoms with E-state index >= 15 is 0 Å². The number of benzene rings is 1. The van der Waals surface area contributed by atoms with Crippen LogP contribution in [0.25, 0.3) is 0 Å². The average molecular weight is 311 g/mol. The largest absolute Gasteiger partial charge is 0.507 e. The molecule has 1 aromatic rings. The summed E-state index contributed by atoms with van der Waals surface area (Å²) >= 11 is 6.09. The summed E-state index contributed by atoms with van der Waals surface area (Å²) in [7, 11) is 0. The van der Waals surface area contributed by atoms with Crippen LogP contribution in [0.5, 0.6) is 5.75 Å². The first-order valence-electron chi connectivity index (χ1n) is 7.50. The van der Waals surface area contributed by atoms with E-state index < -0.39 is 0 Å². The van der Waals surface area contributed by atoms with Crippen molar-refractivity contribution in [3.05, 3.63) is 28.3 Å². The molecule has 5 heteroatoms. The molecule has 0 aliphatic carbocycles. The lowest BCUT2D eigenvalue weighted by molar-refractivity contribution is 0.101. The molecule has 0 unspecified atom stereocenters. The topological polar surface area (TPSA) is 52.6 Å². The van der Waals surface area contributed by atoms with Crippen molar-refractivity contribution in [1.29, 1.82) is 0 Å². The number of phenols is 1. The van der Waals surface area contributed by atoms with Crippen molar-refractivity contribution in [2.75, 3.05) is 19.6 Å². The van der Waals surface area contributed by atoms with Gasteiger partial charge in [0.15, 0.2) is 5.78 Å². The van der Waals surface area contributed by atoms with E-state index in [0.717, 1.165) is 38.0 Å². The molecule has 0 bridgehead atoms. The van der Waals surface area contributed by atoms with Crippen LogP contribution >= 0.6 is 11.6 Å². The number of phenolic OH excluding ortho intramolecular Hbond substituents is 1. The number of carbonyl (C=O) groups is 1. The number of halogens is 1. The van der Waals surface area contributed by atoms with Gasteiger partial charge in [0.25, 0.3) is 0 Å². The summed E-state index contributed by atoms with van der Waals surface area (Å²) in [6.45, 7) is 7.15. The molecule has 0 saturated carbocycles. The third-order valence-corrected chi connectivity index (χ3v) is 4.36. The number of piperidine rings is 1.